The fourth-order valence-corrected chi connectivity index (χ4v) is 1.91. The molecule has 0 aliphatic heterocycles. The van der Waals surface area contributed by atoms with Gasteiger partial charge in [-0.3, -0.25) is 0 Å². The summed E-state index contributed by atoms with van der Waals surface area (Å²) in [7, 11) is 1.65. The third-order valence-corrected chi connectivity index (χ3v) is 2.93. The molecule has 3 heteroatoms. The molecule has 78 valence electrons. The molecule has 0 bridgehead atoms. The molecular weight excluding hydrogens is 244 g/mol. The first-order valence-electron chi connectivity index (χ1n) is 4.63. The number of aliphatic hydroxyl groups is 1. The molecule has 0 amide bonds. The van der Waals surface area contributed by atoms with E-state index in [-0.39, 0.29) is 6.61 Å². The van der Waals surface area contributed by atoms with Crippen molar-refractivity contribution in [2.75, 3.05) is 13.7 Å². The highest BCUT2D eigenvalue weighted by atomic mass is 79.9. The number of aliphatic hydroxyl groups excluding tert-OH is 1. The Balaban J connectivity index is 2.85. The van der Waals surface area contributed by atoms with E-state index < -0.39 is 0 Å². The van der Waals surface area contributed by atoms with Crippen LogP contribution in [0.5, 0.6) is 5.75 Å². The van der Waals surface area contributed by atoms with Gasteiger partial charge in [-0.1, -0.05) is 13.0 Å². The summed E-state index contributed by atoms with van der Waals surface area (Å²) >= 11 is 3.44. The van der Waals surface area contributed by atoms with Crippen molar-refractivity contribution >= 4 is 15.9 Å². The van der Waals surface area contributed by atoms with Gasteiger partial charge in [-0.15, -0.1) is 0 Å². The Hall–Kier alpha value is -0.540. The first kappa shape index (κ1) is 11.5. The van der Waals surface area contributed by atoms with E-state index in [4.69, 9.17) is 9.84 Å². The van der Waals surface area contributed by atoms with Gasteiger partial charge in [0, 0.05) is 6.61 Å². The molecule has 0 saturated carbocycles. The molecule has 0 aliphatic rings. The zero-order chi connectivity index (χ0) is 10.6. The Morgan fingerprint density at radius 1 is 1.50 bits per heavy atom. The van der Waals surface area contributed by atoms with E-state index in [1.54, 1.807) is 7.11 Å². The zero-order valence-electron chi connectivity index (χ0n) is 8.46. The molecule has 2 nitrogen and oxygen atoms in total. The predicted octanol–water partition coefficient (Wildman–Crippen LogP) is 2.94. The third-order valence-electron chi connectivity index (χ3n) is 2.31. The third kappa shape index (κ3) is 2.72. The van der Waals surface area contributed by atoms with Crippen LogP contribution in [0.2, 0.25) is 0 Å². The van der Waals surface area contributed by atoms with Gasteiger partial charge in [0.25, 0.3) is 0 Å². The number of rotatable bonds is 4. The summed E-state index contributed by atoms with van der Waals surface area (Å²) < 4.78 is 6.10. The van der Waals surface area contributed by atoms with Crippen molar-refractivity contribution in [2.24, 2.45) is 0 Å². The molecule has 1 aromatic carbocycles. The standard InChI is InChI=1S/C11H15BrO2/c1-8(5-6-13)9-3-4-11(14-2)10(12)7-9/h3-4,7-8,13H,5-6H2,1-2H3. The average molecular weight is 259 g/mol. The molecule has 1 aromatic rings. The van der Waals surface area contributed by atoms with Crippen LogP contribution in [0.3, 0.4) is 0 Å². The van der Waals surface area contributed by atoms with Crippen molar-refractivity contribution < 1.29 is 9.84 Å². The highest BCUT2D eigenvalue weighted by Gasteiger charge is 2.07. The van der Waals surface area contributed by atoms with Crippen LogP contribution < -0.4 is 4.74 Å². The summed E-state index contributed by atoms with van der Waals surface area (Å²) in [6.45, 7) is 2.33. The van der Waals surface area contributed by atoms with Crippen molar-refractivity contribution in [1.82, 2.24) is 0 Å². The minimum absolute atomic E-state index is 0.227. The monoisotopic (exact) mass is 258 g/mol. The summed E-state index contributed by atoms with van der Waals surface area (Å²) in [5, 5.41) is 8.83. The number of hydrogen-bond donors (Lipinski definition) is 1. The number of benzene rings is 1. The summed E-state index contributed by atoms with van der Waals surface area (Å²) in [6.07, 6.45) is 0.790. The Kier molecular flexibility index (Phi) is 4.42. The number of hydrogen-bond acceptors (Lipinski definition) is 2. The fourth-order valence-electron chi connectivity index (χ4n) is 1.35. The summed E-state index contributed by atoms with van der Waals surface area (Å²) in [4.78, 5) is 0. The van der Waals surface area contributed by atoms with Crippen LogP contribution in [0.15, 0.2) is 22.7 Å². The molecular formula is C11H15BrO2. The molecule has 0 spiro atoms. The van der Waals surface area contributed by atoms with Crippen LogP contribution in [0.25, 0.3) is 0 Å². The van der Waals surface area contributed by atoms with E-state index in [1.807, 2.05) is 18.2 Å². The number of methoxy groups -OCH3 is 1. The van der Waals surface area contributed by atoms with Gasteiger partial charge in [0.15, 0.2) is 0 Å². The van der Waals surface area contributed by atoms with Gasteiger partial charge in [-0.05, 0) is 46.0 Å². The molecule has 0 saturated heterocycles. The lowest BCUT2D eigenvalue weighted by atomic mass is 9.98. The van der Waals surface area contributed by atoms with Gasteiger partial charge in [0.2, 0.25) is 0 Å². The topological polar surface area (TPSA) is 29.5 Å². The van der Waals surface area contributed by atoms with E-state index in [9.17, 15) is 0 Å². The summed E-state index contributed by atoms with van der Waals surface area (Å²) in [5.74, 6) is 1.21. The maximum absolute atomic E-state index is 8.83. The van der Waals surface area contributed by atoms with E-state index in [2.05, 4.69) is 22.9 Å². The fraction of sp³-hybridized carbons (Fsp3) is 0.455. The van der Waals surface area contributed by atoms with Crippen LogP contribution in [0.1, 0.15) is 24.8 Å². The van der Waals surface area contributed by atoms with E-state index in [0.717, 1.165) is 16.6 Å². The molecule has 1 atom stereocenters. The number of ether oxygens (including phenoxy) is 1. The highest BCUT2D eigenvalue weighted by molar-refractivity contribution is 9.10. The number of halogens is 1. The second-order valence-corrected chi connectivity index (χ2v) is 4.16. The Bertz CT molecular complexity index is 299. The Morgan fingerprint density at radius 2 is 2.21 bits per heavy atom. The van der Waals surface area contributed by atoms with Crippen molar-refractivity contribution in [2.45, 2.75) is 19.3 Å². The van der Waals surface area contributed by atoms with E-state index in [1.165, 1.54) is 5.56 Å². The summed E-state index contributed by atoms with van der Waals surface area (Å²) in [6, 6.07) is 6.01. The Morgan fingerprint density at radius 3 is 2.71 bits per heavy atom. The molecule has 1 unspecified atom stereocenters. The van der Waals surface area contributed by atoms with E-state index in [0.29, 0.717) is 5.92 Å². The van der Waals surface area contributed by atoms with Crippen LogP contribution in [-0.4, -0.2) is 18.8 Å². The lowest BCUT2D eigenvalue weighted by Crippen LogP contribution is -1.97. The zero-order valence-corrected chi connectivity index (χ0v) is 10.0. The first-order chi connectivity index (χ1) is 6.69. The lowest BCUT2D eigenvalue weighted by molar-refractivity contribution is 0.278. The molecule has 1 rings (SSSR count). The maximum Gasteiger partial charge on any atom is 0.133 e. The van der Waals surface area contributed by atoms with Crippen LogP contribution in [0.4, 0.5) is 0 Å². The molecule has 0 aromatic heterocycles. The molecule has 0 radical (unpaired) electrons. The molecule has 0 aliphatic carbocycles. The van der Waals surface area contributed by atoms with Gasteiger partial charge in [-0.25, -0.2) is 0 Å². The van der Waals surface area contributed by atoms with E-state index >= 15 is 0 Å². The summed E-state index contributed by atoms with van der Waals surface area (Å²) in [5.41, 5.74) is 1.21. The molecule has 0 heterocycles. The minimum atomic E-state index is 0.227. The lowest BCUT2D eigenvalue weighted by Gasteiger charge is -2.12. The minimum Gasteiger partial charge on any atom is -0.496 e. The quantitative estimate of drug-likeness (QED) is 0.900. The van der Waals surface area contributed by atoms with Crippen LogP contribution in [0, 0.1) is 0 Å². The van der Waals surface area contributed by atoms with Gasteiger partial charge < -0.3 is 9.84 Å². The van der Waals surface area contributed by atoms with Crippen molar-refractivity contribution in [3.05, 3.63) is 28.2 Å². The SMILES string of the molecule is COc1ccc(C(C)CCO)cc1Br. The normalized spacial score (nSPS) is 12.6. The van der Waals surface area contributed by atoms with Gasteiger partial charge in [0.1, 0.15) is 5.75 Å². The van der Waals surface area contributed by atoms with Crippen LogP contribution in [-0.2, 0) is 0 Å². The molecule has 0 fully saturated rings. The molecule has 14 heavy (non-hydrogen) atoms. The Labute approximate surface area is 93.0 Å². The van der Waals surface area contributed by atoms with Crippen molar-refractivity contribution in [3.8, 4) is 5.75 Å². The molecule has 1 N–H and O–H groups in total. The second kappa shape index (κ2) is 5.37. The first-order valence-corrected chi connectivity index (χ1v) is 5.42. The largest absolute Gasteiger partial charge is 0.496 e. The van der Waals surface area contributed by atoms with Gasteiger partial charge >= 0.3 is 0 Å². The van der Waals surface area contributed by atoms with Gasteiger partial charge in [-0.2, -0.15) is 0 Å². The van der Waals surface area contributed by atoms with Gasteiger partial charge in [0.05, 0.1) is 11.6 Å². The average Bonchev–Trinajstić information content (AvgIpc) is 2.18. The smallest absolute Gasteiger partial charge is 0.133 e. The highest BCUT2D eigenvalue weighted by Crippen LogP contribution is 2.29. The van der Waals surface area contributed by atoms with Crippen molar-refractivity contribution in [3.63, 3.8) is 0 Å². The second-order valence-electron chi connectivity index (χ2n) is 3.31. The van der Waals surface area contributed by atoms with Crippen LogP contribution >= 0.6 is 15.9 Å². The predicted molar refractivity (Wildman–Crippen MR) is 60.8 cm³/mol. The van der Waals surface area contributed by atoms with Crippen molar-refractivity contribution in [1.29, 1.82) is 0 Å². The maximum atomic E-state index is 8.83.